The third-order valence-corrected chi connectivity index (χ3v) is 13.9. The number of hydrogen-bond donors (Lipinski definition) is 3. The number of nitrogens with one attached hydrogen (secondary N) is 1. The summed E-state index contributed by atoms with van der Waals surface area (Å²) in [4.78, 5) is 24.5. The molecule has 0 rings (SSSR count). The first-order valence-electron chi connectivity index (χ1n) is 29.3. The summed E-state index contributed by atoms with van der Waals surface area (Å²) in [5.41, 5.74) is 0. The zero-order chi connectivity index (χ0) is 46.5. The van der Waals surface area contributed by atoms with Crippen LogP contribution in [0.25, 0.3) is 0 Å². The van der Waals surface area contributed by atoms with E-state index in [1.54, 1.807) is 0 Å². The molecular weight excluding hydrogens is 791 g/mol. The van der Waals surface area contributed by atoms with Crippen LogP contribution < -0.4 is 5.32 Å². The number of carbonyl (C=O) groups excluding carboxylic acids is 2. The van der Waals surface area contributed by atoms with E-state index in [1.807, 2.05) is 0 Å². The van der Waals surface area contributed by atoms with Gasteiger partial charge in [0.15, 0.2) is 0 Å². The number of esters is 1. The van der Waals surface area contributed by atoms with E-state index in [9.17, 15) is 19.8 Å². The van der Waals surface area contributed by atoms with Gasteiger partial charge in [-0.3, -0.25) is 9.59 Å². The van der Waals surface area contributed by atoms with Crippen molar-refractivity contribution >= 4 is 11.9 Å². The number of ether oxygens (including phenoxy) is 1. The van der Waals surface area contributed by atoms with Crippen molar-refractivity contribution in [2.75, 3.05) is 13.2 Å². The van der Waals surface area contributed by atoms with E-state index in [0.29, 0.717) is 25.9 Å². The van der Waals surface area contributed by atoms with E-state index in [0.717, 1.165) is 38.5 Å². The average molecular weight is 907 g/mol. The first-order chi connectivity index (χ1) is 31.5. The molecule has 2 unspecified atom stereocenters. The van der Waals surface area contributed by atoms with Gasteiger partial charge in [-0.05, 0) is 25.7 Å². The van der Waals surface area contributed by atoms with Crippen LogP contribution in [0.5, 0.6) is 0 Å². The third-order valence-electron chi connectivity index (χ3n) is 13.9. The quantitative estimate of drug-likeness (QED) is 0.0417. The van der Waals surface area contributed by atoms with Crippen molar-refractivity contribution in [2.45, 2.75) is 347 Å². The fourth-order valence-corrected chi connectivity index (χ4v) is 9.41. The molecule has 0 bridgehead atoms. The van der Waals surface area contributed by atoms with Crippen molar-refractivity contribution in [3.8, 4) is 0 Å². The second-order valence-electron chi connectivity index (χ2n) is 20.3. The van der Waals surface area contributed by atoms with Gasteiger partial charge in [0.05, 0.1) is 25.4 Å². The molecule has 0 aliphatic heterocycles. The predicted molar refractivity (Wildman–Crippen MR) is 278 cm³/mol. The Hall–Kier alpha value is -1.14. The molecule has 0 aliphatic rings. The third kappa shape index (κ3) is 50.3. The molecule has 382 valence electrons. The van der Waals surface area contributed by atoms with E-state index in [1.165, 1.54) is 263 Å². The molecule has 0 saturated heterocycles. The lowest BCUT2D eigenvalue weighted by Gasteiger charge is -2.22. The molecule has 0 aromatic carbocycles. The zero-order valence-corrected chi connectivity index (χ0v) is 43.5. The van der Waals surface area contributed by atoms with Crippen molar-refractivity contribution in [3.63, 3.8) is 0 Å². The molecule has 0 aliphatic carbocycles. The van der Waals surface area contributed by atoms with Crippen molar-refractivity contribution in [1.82, 2.24) is 5.32 Å². The molecule has 64 heavy (non-hydrogen) atoms. The van der Waals surface area contributed by atoms with Crippen LogP contribution in [0.3, 0.4) is 0 Å². The number of hydrogen-bond acceptors (Lipinski definition) is 5. The second-order valence-corrected chi connectivity index (χ2v) is 20.3. The second kappa shape index (κ2) is 54.5. The molecule has 3 N–H and O–H groups in total. The maximum atomic E-state index is 12.5. The van der Waals surface area contributed by atoms with Gasteiger partial charge in [0.2, 0.25) is 5.91 Å². The molecule has 6 nitrogen and oxygen atoms in total. The summed E-state index contributed by atoms with van der Waals surface area (Å²) in [5.74, 6) is -0.0280. The van der Waals surface area contributed by atoms with E-state index < -0.39 is 12.1 Å². The SMILES string of the molecule is CCCCCCCCCCCCCCCCCCCC(=O)OCCCCCCCCCCCCCCCCCCCC(=O)NC(CO)C(O)CCCCCCCCCCCCCCC. The van der Waals surface area contributed by atoms with Crippen molar-refractivity contribution in [1.29, 1.82) is 0 Å². The van der Waals surface area contributed by atoms with Crippen LogP contribution in [-0.2, 0) is 14.3 Å². The Morgan fingerprint density at radius 3 is 0.953 bits per heavy atom. The highest BCUT2D eigenvalue weighted by atomic mass is 16.5. The number of carbonyl (C=O) groups is 2. The lowest BCUT2D eigenvalue weighted by Crippen LogP contribution is -2.45. The number of amides is 1. The molecule has 1 amide bonds. The Morgan fingerprint density at radius 1 is 0.375 bits per heavy atom. The highest BCUT2D eigenvalue weighted by Crippen LogP contribution is 2.18. The van der Waals surface area contributed by atoms with Gasteiger partial charge in [-0.1, -0.05) is 296 Å². The van der Waals surface area contributed by atoms with Gasteiger partial charge < -0.3 is 20.3 Å². The fourth-order valence-electron chi connectivity index (χ4n) is 9.41. The lowest BCUT2D eigenvalue weighted by atomic mass is 10.0. The molecule has 6 heteroatoms. The number of unbranched alkanes of at least 4 members (excludes halogenated alkanes) is 44. The van der Waals surface area contributed by atoms with Crippen LogP contribution in [0.4, 0.5) is 0 Å². The van der Waals surface area contributed by atoms with Gasteiger partial charge in [-0.2, -0.15) is 0 Å². The summed E-state index contributed by atoms with van der Waals surface area (Å²) in [6.07, 6.45) is 62.4. The summed E-state index contributed by atoms with van der Waals surface area (Å²) in [6, 6.07) is -0.543. The Bertz CT molecular complexity index is 913. The van der Waals surface area contributed by atoms with Crippen molar-refractivity contribution in [3.05, 3.63) is 0 Å². The summed E-state index contributed by atoms with van der Waals surface area (Å²) in [5, 5.41) is 23.2. The highest BCUT2D eigenvalue weighted by molar-refractivity contribution is 5.76. The Balaban J connectivity index is 3.37. The summed E-state index contributed by atoms with van der Waals surface area (Å²) < 4.78 is 5.49. The van der Waals surface area contributed by atoms with E-state index in [4.69, 9.17) is 4.74 Å². The van der Waals surface area contributed by atoms with E-state index in [-0.39, 0.29) is 18.5 Å². The minimum absolute atomic E-state index is 0.0102. The van der Waals surface area contributed by atoms with Crippen LogP contribution >= 0.6 is 0 Å². The molecule has 0 aromatic rings. The summed E-state index contributed by atoms with van der Waals surface area (Å²) >= 11 is 0. The Labute approximate surface area is 400 Å². The van der Waals surface area contributed by atoms with Crippen LogP contribution in [0.2, 0.25) is 0 Å². The van der Waals surface area contributed by atoms with Gasteiger partial charge >= 0.3 is 5.97 Å². The van der Waals surface area contributed by atoms with Gasteiger partial charge in [-0.25, -0.2) is 0 Å². The topological polar surface area (TPSA) is 95.9 Å². The molecule has 0 aromatic heterocycles. The molecule has 0 heterocycles. The molecule has 0 saturated carbocycles. The standard InChI is InChI=1S/C58H115NO5/c1-3-5-7-9-11-13-15-17-18-20-24-28-32-36-40-44-48-52-58(63)64-53-49-45-41-37-33-29-25-22-19-21-23-27-31-35-39-43-47-51-57(62)59-55(54-60)56(61)50-46-42-38-34-30-26-16-14-12-10-8-6-4-2/h55-56,60-61H,3-54H2,1-2H3,(H,59,62). The summed E-state index contributed by atoms with van der Waals surface area (Å²) in [6.45, 7) is 4.97. The molecule has 2 atom stereocenters. The van der Waals surface area contributed by atoms with Gasteiger partial charge in [0, 0.05) is 12.8 Å². The van der Waals surface area contributed by atoms with Crippen molar-refractivity contribution in [2.24, 2.45) is 0 Å². The van der Waals surface area contributed by atoms with Gasteiger partial charge in [0.25, 0.3) is 0 Å². The number of aliphatic hydroxyl groups is 2. The van der Waals surface area contributed by atoms with Crippen LogP contribution in [-0.4, -0.2) is 47.4 Å². The predicted octanol–water partition coefficient (Wildman–Crippen LogP) is 17.9. The maximum absolute atomic E-state index is 12.5. The van der Waals surface area contributed by atoms with Crippen LogP contribution in [0, 0.1) is 0 Å². The highest BCUT2D eigenvalue weighted by Gasteiger charge is 2.20. The van der Waals surface area contributed by atoms with Crippen molar-refractivity contribution < 1.29 is 24.5 Å². The van der Waals surface area contributed by atoms with Crippen LogP contribution in [0.1, 0.15) is 335 Å². The monoisotopic (exact) mass is 906 g/mol. The Kier molecular flexibility index (Phi) is 53.5. The summed E-state index contributed by atoms with van der Waals surface area (Å²) in [7, 11) is 0. The zero-order valence-electron chi connectivity index (χ0n) is 43.5. The largest absolute Gasteiger partial charge is 0.466 e. The minimum Gasteiger partial charge on any atom is -0.466 e. The van der Waals surface area contributed by atoms with Crippen LogP contribution in [0.15, 0.2) is 0 Å². The number of aliphatic hydroxyl groups excluding tert-OH is 2. The molecular formula is C58H115NO5. The Morgan fingerprint density at radius 2 is 0.641 bits per heavy atom. The molecule has 0 fully saturated rings. The molecule has 0 radical (unpaired) electrons. The van der Waals surface area contributed by atoms with Gasteiger partial charge in [-0.15, -0.1) is 0 Å². The van der Waals surface area contributed by atoms with Gasteiger partial charge in [0.1, 0.15) is 0 Å². The first kappa shape index (κ1) is 62.9. The first-order valence-corrected chi connectivity index (χ1v) is 29.3. The normalized spacial score (nSPS) is 12.5. The smallest absolute Gasteiger partial charge is 0.305 e. The number of rotatable bonds is 55. The van der Waals surface area contributed by atoms with E-state index >= 15 is 0 Å². The van der Waals surface area contributed by atoms with E-state index in [2.05, 4.69) is 19.2 Å². The average Bonchev–Trinajstić information content (AvgIpc) is 3.29. The maximum Gasteiger partial charge on any atom is 0.305 e. The lowest BCUT2D eigenvalue weighted by molar-refractivity contribution is -0.143. The fraction of sp³-hybridized carbons (Fsp3) is 0.966. The minimum atomic E-state index is -0.666. The molecule has 0 spiro atoms.